The zero-order valence-corrected chi connectivity index (χ0v) is 17.3. The lowest BCUT2D eigenvalue weighted by Crippen LogP contribution is -2.36. The molecule has 0 amide bonds. The van der Waals surface area contributed by atoms with E-state index in [2.05, 4.69) is 43.7 Å². The second-order valence-electron chi connectivity index (χ2n) is 6.02. The van der Waals surface area contributed by atoms with E-state index < -0.39 is 0 Å². The number of nitrogens with one attached hydrogen (secondary N) is 1. The van der Waals surface area contributed by atoms with Gasteiger partial charge < -0.3 is 15.8 Å². The minimum atomic E-state index is 0.108. The van der Waals surface area contributed by atoms with Crippen molar-refractivity contribution in [2.24, 2.45) is 5.73 Å². The summed E-state index contributed by atoms with van der Waals surface area (Å²) >= 11 is 13.4. The zero-order chi connectivity index (χ0) is 17.4. The number of thiophene rings is 2. The van der Waals surface area contributed by atoms with Crippen LogP contribution in [0.2, 0.25) is 5.15 Å². The summed E-state index contributed by atoms with van der Waals surface area (Å²) < 4.78 is 7.74. The van der Waals surface area contributed by atoms with Crippen molar-refractivity contribution in [3.63, 3.8) is 0 Å². The number of fused-ring (bicyclic) bond motifs is 1. The van der Waals surface area contributed by atoms with Gasteiger partial charge in [0.25, 0.3) is 0 Å². The van der Waals surface area contributed by atoms with Crippen LogP contribution in [0.5, 0.6) is 0 Å². The second-order valence-corrected chi connectivity index (χ2v) is 9.28. The lowest BCUT2D eigenvalue weighted by atomic mass is 9.95. The molecule has 132 valence electrons. The number of rotatable bonds is 4. The summed E-state index contributed by atoms with van der Waals surface area (Å²) in [5, 5.41) is 6.06. The molecule has 0 aliphatic carbocycles. The maximum atomic E-state index is 6.34. The smallest absolute Gasteiger partial charge is 0.131 e. The van der Waals surface area contributed by atoms with Crippen LogP contribution in [-0.4, -0.2) is 24.2 Å². The van der Waals surface area contributed by atoms with E-state index in [9.17, 15) is 0 Å². The van der Waals surface area contributed by atoms with Crippen molar-refractivity contribution in [2.45, 2.75) is 24.9 Å². The Morgan fingerprint density at radius 2 is 2.36 bits per heavy atom. The van der Waals surface area contributed by atoms with Gasteiger partial charge >= 0.3 is 0 Å². The van der Waals surface area contributed by atoms with Gasteiger partial charge in [-0.25, -0.2) is 4.98 Å². The van der Waals surface area contributed by atoms with Crippen LogP contribution in [0, 0.1) is 0 Å². The molecule has 0 spiro atoms. The molecule has 1 aliphatic rings. The highest BCUT2D eigenvalue weighted by Crippen LogP contribution is 2.44. The van der Waals surface area contributed by atoms with Crippen LogP contribution in [0.3, 0.4) is 0 Å². The van der Waals surface area contributed by atoms with Gasteiger partial charge in [-0.05, 0) is 33.8 Å². The van der Waals surface area contributed by atoms with Crippen LogP contribution in [0.4, 0.5) is 5.69 Å². The average Bonchev–Trinajstić information content (AvgIpc) is 3.22. The van der Waals surface area contributed by atoms with Crippen molar-refractivity contribution < 1.29 is 4.74 Å². The number of nitrogens with two attached hydrogens (primary N) is 1. The lowest BCUT2D eigenvalue weighted by molar-refractivity contribution is 0.0700. The second kappa shape index (κ2) is 7.50. The predicted molar refractivity (Wildman–Crippen MR) is 110 cm³/mol. The van der Waals surface area contributed by atoms with Crippen LogP contribution in [0.15, 0.2) is 28.1 Å². The monoisotopic (exact) mass is 457 g/mol. The Hall–Kier alpha value is -0.700. The van der Waals surface area contributed by atoms with Crippen LogP contribution < -0.4 is 11.1 Å². The van der Waals surface area contributed by atoms with Gasteiger partial charge in [-0.1, -0.05) is 17.7 Å². The average molecular weight is 459 g/mol. The first-order valence-corrected chi connectivity index (χ1v) is 10.9. The molecule has 4 heterocycles. The zero-order valence-electron chi connectivity index (χ0n) is 13.3. The number of nitrogens with zero attached hydrogens (tertiary/aromatic N) is 1. The SMILES string of the molecule is N[C@H]1CCOC[C@@H]1c1sc2c(NCc3cccs3)cc(Cl)nc2c1Br. The normalized spacial score (nSPS) is 20.9. The number of hydrogen-bond acceptors (Lipinski definition) is 6. The number of anilines is 1. The molecule has 3 aromatic rings. The Kier molecular flexibility index (Phi) is 5.31. The Balaban J connectivity index is 1.72. The summed E-state index contributed by atoms with van der Waals surface area (Å²) in [5.74, 6) is 0.186. The lowest BCUT2D eigenvalue weighted by Gasteiger charge is -2.28. The molecule has 3 aromatic heterocycles. The number of aromatic nitrogens is 1. The first kappa shape index (κ1) is 17.7. The van der Waals surface area contributed by atoms with E-state index in [1.165, 1.54) is 9.75 Å². The maximum Gasteiger partial charge on any atom is 0.131 e. The van der Waals surface area contributed by atoms with E-state index in [-0.39, 0.29) is 12.0 Å². The molecule has 1 aliphatic heterocycles. The Morgan fingerprint density at radius 1 is 1.48 bits per heavy atom. The summed E-state index contributed by atoms with van der Waals surface area (Å²) in [5.41, 5.74) is 8.23. The molecular formula is C17H17BrClN3OS2. The Morgan fingerprint density at radius 3 is 3.12 bits per heavy atom. The summed E-state index contributed by atoms with van der Waals surface area (Å²) in [6.45, 7) is 2.15. The van der Waals surface area contributed by atoms with Gasteiger partial charge in [0, 0.05) is 40.9 Å². The first-order valence-electron chi connectivity index (χ1n) is 8.01. The molecule has 25 heavy (non-hydrogen) atoms. The molecule has 0 bridgehead atoms. The Labute approximate surface area is 167 Å². The molecule has 0 saturated carbocycles. The standard InChI is InChI=1S/C17H17BrClN3OS2/c18-14-15-17(25-16(14)10-8-23-4-3-11(10)20)12(6-13(19)22-15)21-7-9-2-1-5-24-9/h1-2,5-6,10-11H,3-4,7-8,20H2,(H,21,22)/t10-,11-/m0/s1. The molecular weight excluding hydrogens is 442 g/mol. The van der Waals surface area contributed by atoms with E-state index in [4.69, 9.17) is 22.1 Å². The maximum absolute atomic E-state index is 6.34. The van der Waals surface area contributed by atoms with Crippen molar-refractivity contribution in [3.05, 3.63) is 43.0 Å². The molecule has 8 heteroatoms. The Bertz CT molecular complexity index is 884. The molecule has 4 rings (SSSR count). The third-order valence-corrected chi connectivity index (χ3v) is 7.84. The number of hydrogen-bond donors (Lipinski definition) is 2. The summed E-state index contributed by atoms with van der Waals surface area (Å²) in [4.78, 5) is 7.00. The van der Waals surface area contributed by atoms with Crippen molar-refractivity contribution in [1.82, 2.24) is 4.98 Å². The largest absolute Gasteiger partial charge is 0.381 e. The fourth-order valence-corrected chi connectivity index (χ4v) is 6.09. The highest BCUT2D eigenvalue weighted by Gasteiger charge is 2.29. The molecule has 0 radical (unpaired) electrons. The van der Waals surface area contributed by atoms with E-state index in [1.807, 2.05) is 6.07 Å². The third-order valence-electron chi connectivity index (χ3n) is 4.36. The predicted octanol–water partition coefficient (Wildman–Crippen LogP) is 5.22. The number of pyridine rings is 1. The van der Waals surface area contributed by atoms with Gasteiger partial charge in [-0.3, -0.25) is 0 Å². The van der Waals surface area contributed by atoms with E-state index in [0.29, 0.717) is 11.8 Å². The number of halogens is 2. The summed E-state index contributed by atoms with van der Waals surface area (Å²) in [6.07, 6.45) is 0.878. The van der Waals surface area contributed by atoms with Crippen molar-refractivity contribution in [2.75, 3.05) is 18.5 Å². The van der Waals surface area contributed by atoms with E-state index in [0.717, 1.165) is 39.9 Å². The molecule has 2 atom stereocenters. The molecule has 0 unspecified atom stereocenters. The van der Waals surface area contributed by atoms with Crippen molar-refractivity contribution in [1.29, 1.82) is 0 Å². The first-order chi connectivity index (χ1) is 12.1. The summed E-state index contributed by atoms with van der Waals surface area (Å²) in [7, 11) is 0. The third kappa shape index (κ3) is 3.59. The van der Waals surface area contributed by atoms with E-state index >= 15 is 0 Å². The molecule has 3 N–H and O–H groups in total. The summed E-state index contributed by atoms with van der Waals surface area (Å²) in [6, 6.07) is 6.17. The van der Waals surface area contributed by atoms with Crippen molar-refractivity contribution >= 4 is 66.1 Å². The molecule has 1 fully saturated rings. The highest BCUT2D eigenvalue weighted by molar-refractivity contribution is 9.10. The minimum Gasteiger partial charge on any atom is -0.381 e. The van der Waals surface area contributed by atoms with Gasteiger partial charge in [0.15, 0.2) is 0 Å². The highest BCUT2D eigenvalue weighted by atomic mass is 79.9. The number of ether oxygens (including phenoxy) is 1. The topological polar surface area (TPSA) is 60.2 Å². The quantitative estimate of drug-likeness (QED) is 0.526. The van der Waals surface area contributed by atoms with Crippen LogP contribution in [0.1, 0.15) is 22.1 Å². The molecule has 4 nitrogen and oxygen atoms in total. The molecule has 1 saturated heterocycles. The van der Waals surface area contributed by atoms with Crippen LogP contribution in [0.25, 0.3) is 10.2 Å². The van der Waals surface area contributed by atoms with Gasteiger partial charge in [-0.15, -0.1) is 22.7 Å². The van der Waals surface area contributed by atoms with E-state index in [1.54, 1.807) is 22.7 Å². The van der Waals surface area contributed by atoms with Crippen LogP contribution >= 0.6 is 50.2 Å². The van der Waals surface area contributed by atoms with Gasteiger partial charge in [-0.2, -0.15) is 0 Å². The fraction of sp³-hybridized carbons (Fsp3) is 0.353. The fourth-order valence-electron chi connectivity index (χ4n) is 3.02. The van der Waals surface area contributed by atoms with Gasteiger partial charge in [0.05, 0.1) is 27.0 Å². The van der Waals surface area contributed by atoms with Crippen LogP contribution in [-0.2, 0) is 11.3 Å². The van der Waals surface area contributed by atoms with Gasteiger partial charge in [0.1, 0.15) is 5.15 Å². The molecule has 0 aromatic carbocycles. The van der Waals surface area contributed by atoms with Gasteiger partial charge in [0.2, 0.25) is 0 Å². The van der Waals surface area contributed by atoms with Crippen molar-refractivity contribution in [3.8, 4) is 0 Å². The minimum absolute atomic E-state index is 0.108.